The van der Waals surface area contributed by atoms with Gasteiger partial charge in [-0.2, -0.15) is 0 Å². The summed E-state index contributed by atoms with van der Waals surface area (Å²) in [7, 11) is 0. The molecule has 4 aliphatic rings. The van der Waals surface area contributed by atoms with Crippen molar-refractivity contribution >= 4 is 17.3 Å². The molecule has 2 N–H and O–H groups in total. The minimum atomic E-state index is -1.62. The Morgan fingerprint density at radius 2 is 2.00 bits per heavy atom. The van der Waals surface area contributed by atoms with Crippen LogP contribution in [0.3, 0.4) is 0 Å². The van der Waals surface area contributed by atoms with Gasteiger partial charge in [0.1, 0.15) is 18.0 Å². The maximum Gasteiger partial charge on any atom is 0.190 e. The lowest BCUT2D eigenvalue weighted by Gasteiger charge is -2.56. The highest BCUT2D eigenvalue weighted by Gasteiger charge is 2.68. The quantitative estimate of drug-likeness (QED) is 0.785. The predicted molar refractivity (Wildman–Crippen MR) is 94.0 cm³/mol. The fourth-order valence-electron chi connectivity index (χ4n) is 6.62. The third kappa shape index (κ3) is 2.01. The second-order valence-corrected chi connectivity index (χ2v) is 9.02. The Balaban J connectivity index is 1.76. The predicted octanol–water partition coefficient (Wildman–Crippen LogP) is 1.77. The molecule has 0 aliphatic heterocycles. The van der Waals surface area contributed by atoms with Crippen LogP contribution < -0.4 is 0 Å². The first-order valence-electron chi connectivity index (χ1n) is 9.51. The SMILES string of the molecule is CC12C=CC(=O)C=C1CCC1[C@@H]2C(=O)CC2(C)[C@H]1CC[C@]2(O)C(=O)CO. The van der Waals surface area contributed by atoms with Gasteiger partial charge in [-0.3, -0.25) is 14.4 Å². The Hall–Kier alpha value is -1.59. The molecule has 4 aliphatic carbocycles. The largest absolute Gasteiger partial charge is 0.388 e. The molecule has 0 aromatic carbocycles. The highest BCUT2D eigenvalue weighted by Crippen LogP contribution is 2.66. The highest BCUT2D eigenvalue weighted by molar-refractivity contribution is 6.02. The molecule has 0 aromatic rings. The average Bonchev–Trinajstić information content (AvgIpc) is 2.86. The van der Waals surface area contributed by atoms with Gasteiger partial charge in [0.15, 0.2) is 11.6 Å². The van der Waals surface area contributed by atoms with Crippen molar-refractivity contribution in [3.63, 3.8) is 0 Å². The molecule has 4 rings (SSSR count). The zero-order valence-corrected chi connectivity index (χ0v) is 15.3. The molecule has 0 radical (unpaired) electrons. The number of Topliss-reactive ketones (excluding diaryl/α,β-unsaturated/α-hetero) is 2. The van der Waals surface area contributed by atoms with Gasteiger partial charge >= 0.3 is 0 Å². The van der Waals surface area contributed by atoms with Crippen molar-refractivity contribution in [1.82, 2.24) is 0 Å². The van der Waals surface area contributed by atoms with E-state index in [1.807, 2.05) is 19.9 Å². The van der Waals surface area contributed by atoms with Gasteiger partial charge in [-0.05, 0) is 49.7 Å². The molecule has 6 atom stereocenters. The Morgan fingerprint density at radius 3 is 2.69 bits per heavy atom. The van der Waals surface area contributed by atoms with E-state index >= 15 is 0 Å². The lowest BCUT2D eigenvalue weighted by Crippen LogP contribution is -2.60. The number of aliphatic hydroxyl groups excluding tert-OH is 1. The normalized spacial score (nSPS) is 47.1. The van der Waals surface area contributed by atoms with Gasteiger partial charge in [0.2, 0.25) is 0 Å². The van der Waals surface area contributed by atoms with Crippen LogP contribution in [0.15, 0.2) is 23.8 Å². The fraction of sp³-hybridized carbons (Fsp3) is 0.667. The molecule has 140 valence electrons. The molecule has 3 saturated carbocycles. The van der Waals surface area contributed by atoms with Gasteiger partial charge in [-0.25, -0.2) is 0 Å². The zero-order valence-electron chi connectivity index (χ0n) is 15.3. The van der Waals surface area contributed by atoms with Gasteiger partial charge in [0.25, 0.3) is 0 Å². The van der Waals surface area contributed by atoms with E-state index in [1.165, 1.54) is 0 Å². The Morgan fingerprint density at radius 1 is 1.27 bits per heavy atom. The van der Waals surface area contributed by atoms with E-state index < -0.39 is 28.8 Å². The van der Waals surface area contributed by atoms with Crippen LogP contribution in [-0.4, -0.2) is 39.8 Å². The lowest BCUT2D eigenvalue weighted by atomic mass is 9.46. The standard InChI is InChI=1S/C21H26O5/c1-19-7-5-13(23)9-12(19)3-4-14-15-6-8-21(26,17(25)11-22)20(15,2)10-16(24)18(14)19/h5,7,9,14-15,18,22,26H,3-4,6,8,10-11H2,1-2H3/t14?,15-,18+,19?,20?,21-/m0/s1. The summed E-state index contributed by atoms with van der Waals surface area (Å²) in [6.07, 6.45) is 7.82. The highest BCUT2D eigenvalue weighted by atomic mass is 16.3. The number of ketones is 3. The fourth-order valence-corrected chi connectivity index (χ4v) is 6.62. The van der Waals surface area contributed by atoms with Crippen LogP contribution in [0.25, 0.3) is 0 Å². The van der Waals surface area contributed by atoms with Crippen LogP contribution >= 0.6 is 0 Å². The third-order valence-electron chi connectivity index (χ3n) is 8.01. The number of carbonyl (C=O) groups is 3. The van der Waals surface area contributed by atoms with Gasteiger partial charge in [-0.1, -0.05) is 25.5 Å². The zero-order chi connectivity index (χ0) is 18.9. The lowest BCUT2D eigenvalue weighted by molar-refractivity contribution is -0.168. The number of aliphatic hydroxyl groups is 2. The number of allylic oxidation sites excluding steroid dienone is 4. The van der Waals surface area contributed by atoms with Gasteiger partial charge < -0.3 is 10.2 Å². The first kappa shape index (κ1) is 17.8. The maximum absolute atomic E-state index is 13.3. The van der Waals surface area contributed by atoms with E-state index in [2.05, 4.69) is 0 Å². The molecule has 3 unspecified atom stereocenters. The minimum absolute atomic E-state index is 0.0206. The number of hydrogen-bond acceptors (Lipinski definition) is 5. The second-order valence-electron chi connectivity index (χ2n) is 9.02. The van der Waals surface area contributed by atoms with Crippen LogP contribution in [0.4, 0.5) is 0 Å². The molecule has 0 heterocycles. The summed E-state index contributed by atoms with van der Waals surface area (Å²) in [5, 5.41) is 20.5. The molecule has 26 heavy (non-hydrogen) atoms. The van der Waals surface area contributed by atoms with E-state index in [-0.39, 0.29) is 35.7 Å². The molecule has 5 heteroatoms. The minimum Gasteiger partial charge on any atom is -0.388 e. The van der Waals surface area contributed by atoms with Crippen molar-refractivity contribution in [3.8, 4) is 0 Å². The first-order chi connectivity index (χ1) is 12.2. The van der Waals surface area contributed by atoms with E-state index in [0.717, 1.165) is 18.4 Å². The molecular weight excluding hydrogens is 332 g/mol. The smallest absolute Gasteiger partial charge is 0.190 e. The Labute approximate surface area is 153 Å². The van der Waals surface area contributed by atoms with Crippen molar-refractivity contribution in [3.05, 3.63) is 23.8 Å². The van der Waals surface area contributed by atoms with Crippen LogP contribution in [0.1, 0.15) is 46.0 Å². The Bertz CT molecular complexity index is 764. The van der Waals surface area contributed by atoms with Gasteiger partial charge in [0.05, 0.1) is 0 Å². The summed E-state index contributed by atoms with van der Waals surface area (Å²) in [5.74, 6) is -0.590. The summed E-state index contributed by atoms with van der Waals surface area (Å²) in [5.41, 5.74) is -1.86. The summed E-state index contributed by atoms with van der Waals surface area (Å²) >= 11 is 0. The van der Waals surface area contributed by atoms with Crippen molar-refractivity contribution in [1.29, 1.82) is 0 Å². The summed E-state index contributed by atoms with van der Waals surface area (Å²) in [6, 6.07) is 0. The van der Waals surface area contributed by atoms with Crippen molar-refractivity contribution in [2.75, 3.05) is 6.61 Å². The summed E-state index contributed by atoms with van der Waals surface area (Å²) < 4.78 is 0. The monoisotopic (exact) mass is 358 g/mol. The molecule has 0 aromatic heterocycles. The van der Waals surface area contributed by atoms with E-state index in [0.29, 0.717) is 12.8 Å². The molecular formula is C21H26O5. The van der Waals surface area contributed by atoms with Crippen LogP contribution in [0.5, 0.6) is 0 Å². The van der Waals surface area contributed by atoms with Crippen LogP contribution in [0.2, 0.25) is 0 Å². The number of rotatable bonds is 2. The van der Waals surface area contributed by atoms with Crippen molar-refractivity contribution in [2.24, 2.45) is 28.6 Å². The molecule has 0 saturated heterocycles. The van der Waals surface area contributed by atoms with Gasteiger partial charge in [-0.15, -0.1) is 0 Å². The van der Waals surface area contributed by atoms with E-state index in [1.54, 1.807) is 12.2 Å². The number of fused-ring (bicyclic) bond motifs is 5. The van der Waals surface area contributed by atoms with Crippen LogP contribution in [0, 0.1) is 28.6 Å². The molecule has 0 bridgehead atoms. The third-order valence-corrected chi connectivity index (χ3v) is 8.01. The Kier molecular flexibility index (Phi) is 3.74. The topological polar surface area (TPSA) is 91.7 Å². The number of hydrogen-bond donors (Lipinski definition) is 2. The molecule has 0 amide bonds. The van der Waals surface area contributed by atoms with Crippen molar-refractivity contribution in [2.45, 2.75) is 51.6 Å². The first-order valence-corrected chi connectivity index (χ1v) is 9.51. The molecule has 0 spiro atoms. The maximum atomic E-state index is 13.3. The summed E-state index contributed by atoms with van der Waals surface area (Å²) in [4.78, 5) is 37.4. The summed E-state index contributed by atoms with van der Waals surface area (Å²) in [6.45, 7) is 3.19. The average molecular weight is 358 g/mol. The van der Waals surface area contributed by atoms with Crippen LogP contribution in [-0.2, 0) is 14.4 Å². The van der Waals surface area contributed by atoms with Gasteiger partial charge in [0, 0.05) is 23.2 Å². The number of carbonyl (C=O) groups excluding carboxylic acids is 3. The molecule has 5 nitrogen and oxygen atoms in total. The molecule has 3 fully saturated rings. The van der Waals surface area contributed by atoms with Crippen molar-refractivity contribution < 1.29 is 24.6 Å². The van der Waals surface area contributed by atoms with E-state index in [4.69, 9.17) is 0 Å². The second kappa shape index (κ2) is 5.46. The van der Waals surface area contributed by atoms with E-state index in [9.17, 15) is 24.6 Å².